The van der Waals surface area contributed by atoms with Gasteiger partial charge in [0.15, 0.2) is 17.5 Å². The van der Waals surface area contributed by atoms with Crippen LogP contribution in [0.4, 0.5) is 0 Å². The van der Waals surface area contributed by atoms with Crippen molar-refractivity contribution < 1.29 is 4.74 Å². The van der Waals surface area contributed by atoms with E-state index in [0.717, 1.165) is 50.1 Å². The molecule has 1 saturated heterocycles. The van der Waals surface area contributed by atoms with Crippen molar-refractivity contribution in [1.29, 1.82) is 0 Å². The fourth-order valence-electron chi connectivity index (χ4n) is 2.62. The minimum atomic E-state index is -0.0840. The zero-order valence-corrected chi connectivity index (χ0v) is 13.9. The number of rotatable bonds is 6. The van der Waals surface area contributed by atoms with E-state index in [9.17, 15) is 0 Å². The molecule has 2 aromatic heterocycles. The van der Waals surface area contributed by atoms with Gasteiger partial charge in [0.05, 0.1) is 13.2 Å². The summed E-state index contributed by atoms with van der Waals surface area (Å²) in [7, 11) is 0. The van der Waals surface area contributed by atoms with Gasteiger partial charge in [0, 0.05) is 25.6 Å². The summed E-state index contributed by atoms with van der Waals surface area (Å²) in [5.74, 6) is 2.82. The molecule has 2 aromatic rings. The molecule has 23 heavy (non-hydrogen) atoms. The zero-order chi connectivity index (χ0) is 16.2. The maximum Gasteiger partial charge on any atom is 0.165 e. The van der Waals surface area contributed by atoms with Gasteiger partial charge in [-0.05, 0) is 16.8 Å². The molecule has 0 saturated carbocycles. The second kappa shape index (κ2) is 7.14. The minimum absolute atomic E-state index is 0.0840. The molecule has 3 rings (SSSR count). The summed E-state index contributed by atoms with van der Waals surface area (Å²) < 4.78 is 7.72. The maximum absolute atomic E-state index is 5.85. The molecule has 0 bridgehead atoms. The van der Waals surface area contributed by atoms with Crippen molar-refractivity contribution in [2.24, 2.45) is 0 Å². The molecule has 1 unspecified atom stereocenters. The van der Waals surface area contributed by atoms with Crippen LogP contribution in [-0.2, 0) is 17.8 Å². The Morgan fingerprint density at radius 3 is 3.00 bits per heavy atom. The van der Waals surface area contributed by atoms with Crippen LogP contribution in [0.5, 0.6) is 0 Å². The average Bonchev–Trinajstić information content (AvgIpc) is 3.18. The molecule has 1 aliphatic rings. The minimum Gasteiger partial charge on any atom is -0.368 e. The molecule has 1 aliphatic heterocycles. The Bertz CT molecular complexity index is 622. The van der Waals surface area contributed by atoms with Gasteiger partial charge in [0.2, 0.25) is 0 Å². The third kappa shape index (κ3) is 3.73. The van der Waals surface area contributed by atoms with Crippen LogP contribution in [0.2, 0.25) is 0 Å². The van der Waals surface area contributed by atoms with Gasteiger partial charge in [0.25, 0.3) is 0 Å². The van der Waals surface area contributed by atoms with Gasteiger partial charge in [-0.1, -0.05) is 20.8 Å². The fourth-order valence-corrected chi connectivity index (χ4v) is 2.62. The van der Waals surface area contributed by atoms with Crippen molar-refractivity contribution >= 4 is 0 Å². The number of aromatic nitrogens is 7. The molecule has 0 aromatic carbocycles. The number of nitrogens with one attached hydrogen (secondary N) is 1. The second-order valence-corrected chi connectivity index (χ2v) is 6.15. The third-order valence-electron chi connectivity index (χ3n) is 3.90. The topological polar surface area (TPSA) is 97.6 Å². The molecule has 0 radical (unpaired) electrons. The second-order valence-electron chi connectivity index (χ2n) is 6.15. The van der Waals surface area contributed by atoms with E-state index in [2.05, 4.69) is 56.4 Å². The molecule has 0 spiro atoms. The number of ether oxygens (including phenoxy) is 1. The summed E-state index contributed by atoms with van der Waals surface area (Å²) in [6, 6.07) is 0. The van der Waals surface area contributed by atoms with E-state index in [4.69, 9.17) is 4.74 Å². The first kappa shape index (κ1) is 16.0. The molecular formula is C14H24N8O. The molecule has 126 valence electrons. The number of H-pyrrole nitrogens is 1. The predicted octanol–water partition coefficient (Wildman–Crippen LogP) is 0.898. The van der Waals surface area contributed by atoms with E-state index in [1.54, 1.807) is 0 Å². The molecule has 3 heterocycles. The lowest BCUT2D eigenvalue weighted by Crippen LogP contribution is -2.38. The quantitative estimate of drug-likeness (QED) is 0.844. The van der Waals surface area contributed by atoms with Crippen molar-refractivity contribution in [2.75, 3.05) is 19.7 Å². The fraction of sp³-hybridized carbons (Fsp3) is 0.786. The Labute approximate surface area is 135 Å². The predicted molar refractivity (Wildman–Crippen MR) is 82.5 cm³/mol. The van der Waals surface area contributed by atoms with Crippen molar-refractivity contribution in [3.8, 4) is 0 Å². The molecule has 9 nitrogen and oxygen atoms in total. The van der Waals surface area contributed by atoms with E-state index < -0.39 is 0 Å². The van der Waals surface area contributed by atoms with Crippen molar-refractivity contribution in [2.45, 2.75) is 52.3 Å². The Balaban J connectivity index is 1.64. The van der Waals surface area contributed by atoms with E-state index in [0.29, 0.717) is 12.5 Å². The largest absolute Gasteiger partial charge is 0.368 e. The summed E-state index contributed by atoms with van der Waals surface area (Å²) in [6.45, 7) is 10.1. The monoisotopic (exact) mass is 320 g/mol. The Hall–Kier alpha value is -1.87. The van der Waals surface area contributed by atoms with Crippen LogP contribution < -0.4 is 0 Å². The first-order valence-corrected chi connectivity index (χ1v) is 8.18. The van der Waals surface area contributed by atoms with Gasteiger partial charge in [-0.15, -0.1) is 5.10 Å². The van der Waals surface area contributed by atoms with Crippen LogP contribution >= 0.6 is 0 Å². The molecular weight excluding hydrogens is 296 g/mol. The van der Waals surface area contributed by atoms with Gasteiger partial charge < -0.3 is 4.74 Å². The number of nitrogens with zero attached hydrogens (tertiary/aromatic N) is 7. The number of hydrogen-bond acceptors (Lipinski definition) is 7. The highest BCUT2D eigenvalue weighted by Crippen LogP contribution is 2.21. The summed E-state index contributed by atoms with van der Waals surface area (Å²) in [4.78, 5) is 6.84. The highest BCUT2D eigenvalue weighted by molar-refractivity contribution is 4.99. The van der Waals surface area contributed by atoms with Crippen molar-refractivity contribution in [3.63, 3.8) is 0 Å². The Morgan fingerprint density at radius 1 is 1.39 bits per heavy atom. The van der Waals surface area contributed by atoms with Gasteiger partial charge in [-0.25, -0.2) is 9.67 Å². The number of tetrazole rings is 1. The van der Waals surface area contributed by atoms with E-state index in [-0.39, 0.29) is 6.10 Å². The van der Waals surface area contributed by atoms with E-state index in [1.165, 1.54) is 0 Å². The Kier molecular flexibility index (Phi) is 4.97. The highest BCUT2D eigenvalue weighted by atomic mass is 16.5. The van der Waals surface area contributed by atoms with E-state index >= 15 is 0 Å². The molecule has 0 amide bonds. The first-order valence-electron chi connectivity index (χ1n) is 8.18. The van der Waals surface area contributed by atoms with Crippen LogP contribution in [-0.4, -0.2) is 60.0 Å². The smallest absolute Gasteiger partial charge is 0.165 e. The number of aryl methyl sites for hydroxylation is 1. The first-order chi connectivity index (χ1) is 11.2. The third-order valence-corrected chi connectivity index (χ3v) is 3.90. The number of hydrogen-bond donors (Lipinski definition) is 1. The lowest BCUT2D eigenvalue weighted by Gasteiger charge is -2.31. The van der Waals surface area contributed by atoms with Gasteiger partial charge in [-0.2, -0.15) is 5.10 Å². The highest BCUT2D eigenvalue weighted by Gasteiger charge is 2.26. The standard InChI is InChI=1S/C14H24N8O/c1-4-5-22-12(16-19-20-22)9-21-6-7-23-11(8-21)14-15-13(10(2)3)17-18-14/h10-11H,4-9H2,1-3H3,(H,15,17,18). The Morgan fingerprint density at radius 2 is 2.26 bits per heavy atom. The van der Waals surface area contributed by atoms with Gasteiger partial charge in [0.1, 0.15) is 6.10 Å². The molecule has 9 heteroatoms. The number of morpholine rings is 1. The zero-order valence-electron chi connectivity index (χ0n) is 13.9. The van der Waals surface area contributed by atoms with E-state index in [1.807, 2.05) is 4.68 Å². The van der Waals surface area contributed by atoms with Crippen LogP contribution in [0.25, 0.3) is 0 Å². The van der Waals surface area contributed by atoms with Crippen LogP contribution in [0.15, 0.2) is 0 Å². The summed E-state index contributed by atoms with van der Waals surface area (Å²) in [5.41, 5.74) is 0. The van der Waals surface area contributed by atoms with Crippen LogP contribution in [0, 0.1) is 0 Å². The summed E-state index contributed by atoms with van der Waals surface area (Å²) in [5, 5.41) is 19.2. The van der Waals surface area contributed by atoms with Crippen LogP contribution in [0.3, 0.4) is 0 Å². The maximum atomic E-state index is 5.85. The molecule has 1 atom stereocenters. The van der Waals surface area contributed by atoms with Gasteiger partial charge >= 0.3 is 0 Å². The van der Waals surface area contributed by atoms with Crippen molar-refractivity contribution in [3.05, 3.63) is 17.5 Å². The number of aromatic amines is 1. The molecule has 1 N–H and O–H groups in total. The van der Waals surface area contributed by atoms with Crippen LogP contribution in [0.1, 0.15) is 56.7 Å². The summed E-state index contributed by atoms with van der Waals surface area (Å²) >= 11 is 0. The molecule has 1 fully saturated rings. The summed E-state index contributed by atoms with van der Waals surface area (Å²) in [6.07, 6.45) is 0.930. The SMILES string of the molecule is CCCn1nnnc1CN1CCOC(c2nc(C(C)C)n[nH]2)C1. The van der Waals surface area contributed by atoms with Gasteiger partial charge in [-0.3, -0.25) is 10.00 Å². The normalized spacial score (nSPS) is 19.6. The molecule has 0 aliphatic carbocycles. The lowest BCUT2D eigenvalue weighted by molar-refractivity contribution is -0.0381. The lowest BCUT2D eigenvalue weighted by atomic mass is 10.2. The average molecular weight is 320 g/mol. The van der Waals surface area contributed by atoms with Crippen molar-refractivity contribution in [1.82, 2.24) is 40.3 Å².